The van der Waals surface area contributed by atoms with Crippen molar-refractivity contribution in [2.45, 2.75) is 51.2 Å². The molecule has 1 saturated heterocycles. The summed E-state index contributed by atoms with van der Waals surface area (Å²) in [6.45, 7) is 3.69. The van der Waals surface area contributed by atoms with Crippen LogP contribution in [0.2, 0.25) is 0 Å². The maximum Gasteiger partial charge on any atom is 0.248 e. The fraction of sp³-hybridized carbons (Fsp3) is 0.684. The van der Waals surface area contributed by atoms with Crippen LogP contribution in [0, 0.1) is 5.92 Å². The molecule has 1 aliphatic heterocycles. The molecule has 0 aromatic carbocycles. The fourth-order valence-corrected chi connectivity index (χ4v) is 3.66. The van der Waals surface area contributed by atoms with Crippen LogP contribution < -0.4 is 5.32 Å². The quantitative estimate of drug-likeness (QED) is 0.833. The van der Waals surface area contributed by atoms with E-state index in [1.165, 1.54) is 19.3 Å². The van der Waals surface area contributed by atoms with Crippen LogP contribution in [0.1, 0.15) is 44.1 Å². The lowest BCUT2D eigenvalue weighted by Gasteiger charge is -2.27. The maximum atomic E-state index is 12.7. The predicted molar refractivity (Wildman–Crippen MR) is 93.5 cm³/mol. The second-order valence-corrected chi connectivity index (χ2v) is 7.07. The first-order valence-electron chi connectivity index (χ1n) is 9.30. The Kier molecular flexibility index (Phi) is 6.61. The Labute approximate surface area is 144 Å². The molecule has 24 heavy (non-hydrogen) atoms. The summed E-state index contributed by atoms with van der Waals surface area (Å²) in [7, 11) is 0. The number of nitrogens with zero attached hydrogens (tertiary/aromatic N) is 2. The molecule has 1 saturated carbocycles. The molecule has 5 heteroatoms. The number of ether oxygens (including phenoxy) is 1. The highest BCUT2D eigenvalue weighted by atomic mass is 16.5. The van der Waals surface area contributed by atoms with E-state index in [2.05, 4.69) is 10.3 Å². The van der Waals surface area contributed by atoms with Gasteiger partial charge in [-0.25, -0.2) is 0 Å². The summed E-state index contributed by atoms with van der Waals surface area (Å²) in [5, 5.41) is 3.38. The third-order valence-electron chi connectivity index (χ3n) is 5.08. The first-order chi connectivity index (χ1) is 11.8. The molecule has 1 aromatic rings. The number of amides is 1. The molecule has 1 unspecified atom stereocenters. The number of rotatable bonds is 7. The third kappa shape index (κ3) is 5.28. The molecule has 2 heterocycles. The minimum absolute atomic E-state index is 0.108. The zero-order chi connectivity index (χ0) is 16.6. The van der Waals surface area contributed by atoms with Crippen molar-refractivity contribution in [3.05, 3.63) is 30.1 Å². The molecule has 2 fully saturated rings. The molecule has 1 aliphatic carbocycles. The molecule has 2 aliphatic rings. The minimum atomic E-state index is 0.108. The zero-order valence-corrected chi connectivity index (χ0v) is 14.5. The highest BCUT2D eigenvalue weighted by molar-refractivity contribution is 5.77. The molecule has 1 amide bonds. The van der Waals surface area contributed by atoms with Gasteiger partial charge in [-0.2, -0.15) is 0 Å². The third-order valence-corrected chi connectivity index (χ3v) is 5.08. The fourth-order valence-electron chi connectivity index (χ4n) is 3.66. The van der Waals surface area contributed by atoms with Crippen LogP contribution in [0.5, 0.6) is 0 Å². The lowest BCUT2D eigenvalue weighted by atomic mass is 9.98. The lowest BCUT2D eigenvalue weighted by Crippen LogP contribution is -2.38. The van der Waals surface area contributed by atoms with Crippen LogP contribution in [0.4, 0.5) is 0 Å². The van der Waals surface area contributed by atoms with Gasteiger partial charge in [0.05, 0.1) is 6.10 Å². The van der Waals surface area contributed by atoms with E-state index in [1.54, 1.807) is 6.20 Å². The van der Waals surface area contributed by atoms with E-state index >= 15 is 0 Å². The van der Waals surface area contributed by atoms with Crippen LogP contribution in [0.15, 0.2) is 24.5 Å². The van der Waals surface area contributed by atoms with Crippen molar-refractivity contribution in [2.75, 3.05) is 26.2 Å². The van der Waals surface area contributed by atoms with Crippen LogP contribution in [-0.4, -0.2) is 48.1 Å². The summed E-state index contributed by atoms with van der Waals surface area (Å²) in [5.41, 5.74) is 1.08. The van der Waals surface area contributed by atoms with E-state index in [-0.39, 0.29) is 18.6 Å². The van der Waals surface area contributed by atoms with E-state index in [1.807, 2.05) is 23.2 Å². The number of carbonyl (C=O) groups excluding carboxylic acids is 1. The Morgan fingerprint density at radius 1 is 1.29 bits per heavy atom. The van der Waals surface area contributed by atoms with E-state index < -0.39 is 0 Å². The standard InChI is InChI=1S/C19H29N3O2/c23-19(15-24-18-6-2-1-3-7-18)22(14-17-8-10-21-12-17)13-16-5-4-9-20-11-16/h4-5,9,11,17-18,21H,1-3,6-8,10,12-15H2. The number of hydrogen-bond donors (Lipinski definition) is 1. The van der Waals surface area contributed by atoms with Crippen molar-refractivity contribution >= 4 is 5.91 Å². The molecule has 1 atom stereocenters. The van der Waals surface area contributed by atoms with Crippen LogP contribution in [0.3, 0.4) is 0 Å². The van der Waals surface area contributed by atoms with Crippen molar-refractivity contribution in [3.63, 3.8) is 0 Å². The van der Waals surface area contributed by atoms with Gasteiger partial charge in [0, 0.05) is 25.5 Å². The number of aromatic nitrogens is 1. The first kappa shape index (κ1) is 17.4. The van der Waals surface area contributed by atoms with Gasteiger partial charge in [0.1, 0.15) is 6.61 Å². The summed E-state index contributed by atoms with van der Waals surface area (Å²) >= 11 is 0. The number of nitrogens with one attached hydrogen (secondary N) is 1. The van der Waals surface area contributed by atoms with Crippen molar-refractivity contribution in [2.24, 2.45) is 5.92 Å². The summed E-state index contributed by atoms with van der Waals surface area (Å²) < 4.78 is 5.91. The number of hydrogen-bond acceptors (Lipinski definition) is 4. The Morgan fingerprint density at radius 2 is 2.17 bits per heavy atom. The monoisotopic (exact) mass is 331 g/mol. The molecule has 0 spiro atoms. The van der Waals surface area contributed by atoms with Gasteiger partial charge in [-0.15, -0.1) is 0 Å². The summed E-state index contributed by atoms with van der Waals surface area (Å²) in [4.78, 5) is 18.9. The average Bonchev–Trinajstić information content (AvgIpc) is 3.14. The average molecular weight is 331 g/mol. The molecule has 1 N–H and O–H groups in total. The Bertz CT molecular complexity index is 497. The van der Waals surface area contributed by atoms with Gasteiger partial charge in [-0.1, -0.05) is 25.3 Å². The predicted octanol–water partition coefficient (Wildman–Crippen LogP) is 2.37. The number of carbonyl (C=O) groups is 1. The van der Waals surface area contributed by atoms with Crippen LogP contribution in [-0.2, 0) is 16.1 Å². The van der Waals surface area contributed by atoms with E-state index in [0.717, 1.165) is 44.5 Å². The molecule has 5 nitrogen and oxygen atoms in total. The molecule has 132 valence electrons. The molecule has 0 bridgehead atoms. The normalized spacial score (nSPS) is 21.8. The minimum Gasteiger partial charge on any atom is -0.368 e. The van der Waals surface area contributed by atoms with Gasteiger partial charge < -0.3 is 15.0 Å². The van der Waals surface area contributed by atoms with Crippen LogP contribution >= 0.6 is 0 Å². The molecular weight excluding hydrogens is 302 g/mol. The van der Waals surface area contributed by atoms with Crippen molar-refractivity contribution in [3.8, 4) is 0 Å². The van der Waals surface area contributed by atoms with Crippen molar-refractivity contribution in [1.29, 1.82) is 0 Å². The summed E-state index contributed by atoms with van der Waals surface area (Å²) in [6, 6.07) is 3.95. The molecular formula is C19H29N3O2. The second kappa shape index (κ2) is 9.14. The lowest BCUT2D eigenvalue weighted by molar-refractivity contribution is -0.140. The molecule has 3 rings (SSSR count). The van der Waals surface area contributed by atoms with Gasteiger partial charge in [0.2, 0.25) is 5.91 Å². The highest BCUT2D eigenvalue weighted by Gasteiger charge is 2.23. The summed E-state index contributed by atoms with van der Waals surface area (Å²) in [6.07, 6.45) is 11.0. The van der Waals surface area contributed by atoms with Crippen LogP contribution in [0.25, 0.3) is 0 Å². The Morgan fingerprint density at radius 3 is 2.88 bits per heavy atom. The van der Waals surface area contributed by atoms with E-state index in [0.29, 0.717) is 12.5 Å². The van der Waals surface area contributed by atoms with Crippen molar-refractivity contribution in [1.82, 2.24) is 15.2 Å². The van der Waals surface area contributed by atoms with Crippen molar-refractivity contribution < 1.29 is 9.53 Å². The summed E-state index contributed by atoms with van der Waals surface area (Å²) in [5.74, 6) is 0.650. The largest absolute Gasteiger partial charge is 0.368 e. The van der Waals surface area contributed by atoms with E-state index in [4.69, 9.17) is 4.74 Å². The maximum absolute atomic E-state index is 12.7. The van der Waals surface area contributed by atoms with Gasteiger partial charge in [-0.05, 0) is 49.9 Å². The zero-order valence-electron chi connectivity index (χ0n) is 14.5. The van der Waals surface area contributed by atoms with Gasteiger partial charge in [-0.3, -0.25) is 9.78 Å². The Balaban J connectivity index is 1.55. The topological polar surface area (TPSA) is 54.5 Å². The van der Waals surface area contributed by atoms with Gasteiger partial charge >= 0.3 is 0 Å². The first-order valence-corrected chi connectivity index (χ1v) is 9.30. The van der Waals surface area contributed by atoms with Gasteiger partial charge in [0.25, 0.3) is 0 Å². The van der Waals surface area contributed by atoms with Gasteiger partial charge in [0.15, 0.2) is 0 Å². The molecule has 1 aromatic heterocycles. The number of pyridine rings is 1. The smallest absolute Gasteiger partial charge is 0.248 e. The highest BCUT2D eigenvalue weighted by Crippen LogP contribution is 2.20. The SMILES string of the molecule is O=C(COC1CCCCC1)N(Cc1cccnc1)CC1CCNC1. The Hall–Kier alpha value is -1.46. The second-order valence-electron chi connectivity index (χ2n) is 7.07. The van der Waals surface area contributed by atoms with E-state index in [9.17, 15) is 4.79 Å². The molecule has 0 radical (unpaired) electrons.